The largest absolute Gasteiger partial charge is 0.486 e. The van der Waals surface area contributed by atoms with Gasteiger partial charge in [-0.3, -0.25) is 9.00 Å². The molecule has 1 amide bonds. The summed E-state index contributed by atoms with van der Waals surface area (Å²) in [7, 11) is -1.25. The molecule has 1 fully saturated rings. The monoisotopic (exact) mass is 416 g/mol. The zero-order valence-electron chi connectivity index (χ0n) is 15.5. The number of nitrogens with two attached hydrogens (primary N) is 1. The summed E-state index contributed by atoms with van der Waals surface area (Å²) >= 11 is 0. The van der Waals surface area contributed by atoms with Crippen molar-refractivity contribution in [2.75, 3.05) is 25.5 Å². The number of halogens is 1. The third-order valence-corrected chi connectivity index (χ3v) is 6.46. The summed E-state index contributed by atoms with van der Waals surface area (Å²) in [5, 5.41) is 3.05. The van der Waals surface area contributed by atoms with Gasteiger partial charge in [0, 0.05) is 35.7 Å². The molecule has 0 spiro atoms. The van der Waals surface area contributed by atoms with Gasteiger partial charge in [0.05, 0.1) is 10.8 Å². The quantitative estimate of drug-likeness (QED) is 0.712. The van der Waals surface area contributed by atoms with Crippen molar-refractivity contribution in [2.24, 2.45) is 11.7 Å². The fraction of sp³-hybridized carbons (Fsp3) is 0.632. The van der Waals surface area contributed by atoms with Crippen LogP contribution in [0.4, 0.5) is 0 Å². The molecule has 2 unspecified atom stereocenters. The van der Waals surface area contributed by atoms with E-state index < -0.39 is 10.8 Å². The average Bonchev–Trinajstić information content (AvgIpc) is 2.70. The van der Waals surface area contributed by atoms with Gasteiger partial charge in [-0.15, -0.1) is 12.4 Å². The van der Waals surface area contributed by atoms with Gasteiger partial charge < -0.3 is 20.5 Å². The summed E-state index contributed by atoms with van der Waals surface area (Å²) in [4.78, 5) is 12.9. The lowest BCUT2D eigenvalue weighted by atomic mass is 9.84. The van der Waals surface area contributed by atoms with E-state index in [9.17, 15) is 9.00 Å². The van der Waals surface area contributed by atoms with Gasteiger partial charge in [-0.25, -0.2) is 0 Å². The number of nitrogens with one attached hydrogen (secondary N) is 1. The molecule has 0 radical (unpaired) electrons. The molecule has 3 rings (SSSR count). The SMILES string of the molecule is Cl.NCC(NC(=O)CCS(=O)c1ccc2c(c1)OCCO2)C1CCCCC1. The molecule has 0 bridgehead atoms. The van der Waals surface area contributed by atoms with Crippen LogP contribution in [-0.4, -0.2) is 41.7 Å². The highest BCUT2D eigenvalue weighted by atomic mass is 35.5. The molecule has 1 heterocycles. The van der Waals surface area contributed by atoms with Crippen LogP contribution in [0.15, 0.2) is 23.1 Å². The maximum absolute atomic E-state index is 12.5. The smallest absolute Gasteiger partial charge is 0.221 e. The standard InChI is InChI=1S/C19H28N2O4S.ClH/c20-13-16(14-4-2-1-3-5-14)21-19(22)8-11-26(23)15-6-7-17-18(12-15)25-10-9-24-17;/h6-7,12,14,16H,1-5,8-11,13,20H2,(H,21,22);1H. The second-order valence-corrected chi connectivity index (χ2v) is 8.48. The van der Waals surface area contributed by atoms with Crippen molar-refractivity contribution in [3.63, 3.8) is 0 Å². The summed E-state index contributed by atoms with van der Waals surface area (Å²) < 4.78 is 23.5. The lowest BCUT2D eigenvalue weighted by molar-refractivity contribution is -0.121. The first-order valence-corrected chi connectivity index (χ1v) is 10.8. The number of carbonyl (C=O) groups is 1. The van der Waals surface area contributed by atoms with Gasteiger partial charge in [0.15, 0.2) is 11.5 Å². The Morgan fingerprint density at radius 3 is 2.59 bits per heavy atom. The zero-order valence-corrected chi connectivity index (χ0v) is 17.1. The van der Waals surface area contributed by atoms with Crippen LogP contribution in [0.2, 0.25) is 0 Å². The molecule has 1 aliphatic heterocycles. The van der Waals surface area contributed by atoms with E-state index in [1.165, 1.54) is 19.3 Å². The van der Waals surface area contributed by atoms with Gasteiger partial charge in [0.2, 0.25) is 5.91 Å². The Kier molecular flexibility index (Phi) is 8.86. The predicted molar refractivity (Wildman–Crippen MR) is 108 cm³/mol. The Morgan fingerprint density at radius 2 is 1.89 bits per heavy atom. The highest BCUT2D eigenvalue weighted by molar-refractivity contribution is 7.85. The number of carbonyl (C=O) groups excluding carboxylic acids is 1. The Bertz CT molecular complexity index is 653. The van der Waals surface area contributed by atoms with Gasteiger partial charge in [-0.1, -0.05) is 19.3 Å². The Labute approximate surface area is 169 Å². The minimum Gasteiger partial charge on any atom is -0.486 e. The van der Waals surface area contributed by atoms with E-state index in [1.54, 1.807) is 18.2 Å². The Balaban J connectivity index is 0.00000261. The first-order valence-electron chi connectivity index (χ1n) is 9.45. The van der Waals surface area contributed by atoms with Crippen LogP contribution in [0.5, 0.6) is 11.5 Å². The van der Waals surface area contributed by atoms with Crippen molar-refractivity contribution in [3.8, 4) is 11.5 Å². The molecule has 2 atom stereocenters. The molecule has 2 aliphatic rings. The summed E-state index contributed by atoms with van der Waals surface area (Å²) in [6, 6.07) is 5.32. The molecule has 152 valence electrons. The van der Waals surface area contributed by atoms with Crippen LogP contribution in [0, 0.1) is 5.92 Å². The lowest BCUT2D eigenvalue weighted by Gasteiger charge is -2.30. The highest BCUT2D eigenvalue weighted by Gasteiger charge is 2.24. The van der Waals surface area contributed by atoms with E-state index in [0.717, 1.165) is 12.8 Å². The van der Waals surface area contributed by atoms with Crippen molar-refractivity contribution < 1.29 is 18.5 Å². The van der Waals surface area contributed by atoms with Crippen LogP contribution < -0.4 is 20.5 Å². The Morgan fingerprint density at radius 1 is 1.19 bits per heavy atom. The highest BCUT2D eigenvalue weighted by Crippen LogP contribution is 2.32. The molecule has 3 N–H and O–H groups in total. The van der Waals surface area contributed by atoms with Crippen LogP contribution in [-0.2, 0) is 15.6 Å². The first kappa shape index (κ1) is 22.0. The predicted octanol–water partition coefficient (Wildman–Crippen LogP) is 2.40. The normalized spacial score (nSPS) is 18.9. The summed E-state index contributed by atoms with van der Waals surface area (Å²) in [6.07, 6.45) is 6.19. The summed E-state index contributed by atoms with van der Waals surface area (Å²) in [5.41, 5.74) is 5.86. The number of benzene rings is 1. The number of amides is 1. The topological polar surface area (TPSA) is 90.7 Å². The molecule has 1 aliphatic carbocycles. The third-order valence-electron chi connectivity index (χ3n) is 5.11. The lowest BCUT2D eigenvalue weighted by Crippen LogP contribution is -2.46. The molecular formula is C19H29ClN2O4S. The maximum atomic E-state index is 12.5. The number of ether oxygens (including phenoxy) is 2. The fourth-order valence-electron chi connectivity index (χ4n) is 3.65. The molecule has 0 saturated heterocycles. The third kappa shape index (κ3) is 6.09. The summed E-state index contributed by atoms with van der Waals surface area (Å²) in [5.74, 6) is 1.98. The van der Waals surface area contributed by atoms with Crippen molar-refractivity contribution in [1.82, 2.24) is 5.32 Å². The van der Waals surface area contributed by atoms with E-state index in [0.29, 0.717) is 42.1 Å². The second kappa shape index (κ2) is 10.9. The van der Waals surface area contributed by atoms with Gasteiger partial charge >= 0.3 is 0 Å². The number of hydrogen-bond acceptors (Lipinski definition) is 5. The molecule has 1 aromatic rings. The van der Waals surface area contributed by atoms with Gasteiger partial charge in [0.1, 0.15) is 13.2 Å². The van der Waals surface area contributed by atoms with Crippen LogP contribution in [0.3, 0.4) is 0 Å². The number of rotatable bonds is 7. The average molecular weight is 417 g/mol. The minimum absolute atomic E-state index is 0. The van der Waals surface area contributed by atoms with Gasteiger partial charge in [0.25, 0.3) is 0 Å². The molecule has 6 nitrogen and oxygen atoms in total. The van der Waals surface area contributed by atoms with Gasteiger partial charge in [-0.05, 0) is 30.9 Å². The van der Waals surface area contributed by atoms with Crippen LogP contribution in [0.1, 0.15) is 38.5 Å². The number of hydrogen-bond donors (Lipinski definition) is 2. The van der Waals surface area contributed by atoms with Crippen molar-refractivity contribution in [1.29, 1.82) is 0 Å². The van der Waals surface area contributed by atoms with Gasteiger partial charge in [-0.2, -0.15) is 0 Å². The number of fused-ring (bicyclic) bond motifs is 1. The van der Waals surface area contributed by atoms with E-state index in [1.807, 2.05) is 0 Å². The Hall–Kier alpha value is -1.31. The van der Waals surface area contributed by atoms with Crippen LogP contribution >= 0.6 is 12.4 Å². The molecule has 27 heavy (non-hydrogen) atoms. The fourth-order valence-corrected chi connectivity index (χ4v) is 4.72. The minimum atomic E-state index is -1.25. The summed E-state index contributed by atoms with van der Waals surface area (Å²) in [6.45, 7) is 1.48. The van der Waals surface area contributed by atoms with Crippen molar-refractivity contribution in [3.05, 3.63) is 18.2 Å². The van der Waals surface area contributed by atoms with Crippen LogP contribution in [0.25, 0.3) is 0 Å². The van der Waals surface area contributed by atoms with Crippen molar-refractivity contribution >= 4 is 29.1 Å². The second-order valence-electron chi connectivity index (χ2n) is 6.91. The van der Waals surface area contributed by atoms with E-state index in [2.05, 4.69) is 5.32 Å². The zero-order chi connectivity index (χ0) is 18.4. The molecule has 8 heteroatoms. The van der Waals surface area contributed by atoms with E-state index in [-0.39, 0.29) is 36.5 Å². The van der Waals surface area contributed by atoms with E-state index in [4.69, 9.17) is 15.2 Å². The van der Waals surface area contributed by atoms with E-state index >= 15 is 0 Å². The molecule has 1 aromatic carbocycles. The molecule has 1 saturated carbocycles. The van der Waals surface area contributed by atoms with Crippen molar-refractivity contribution in [2.45, 2.75) is 49.5 Å². The molecule has 0 aromatic heterocycles. The maximum Gasteiger partial charge on any atom is 0.221 e. The molecular weight excluding hydrogens is 388 g/mol. The first-order chi connectivity index (χ1) is 12.7.